The molecule has 1 aromatic carbocycles. The van der Waals surface area contributed by atoms with Crippen LogP contribution < -0.4 is 5.73 Å². The van der Waals surface area contributed by atoms with E-state index in [4.69, 9.17) is 17.3 Å². The van der Waals surface area contributed by atoms with Crippen LogP contribution in [0.3, 0.4) is 0 Å². The maximum Gasteiger partial charge on any atom is 0.249 e. The van der Waals surface area contributed by atoms with Gasteiger partial charge in [0.1, 0.15) is 0 Å². The molecule has 14 heavy (non-hydrogen) atoms. The van der Waals surface area contributed by atoms with E-state index in [0.29, 0.717) is 14.4 Å². The third-order valence-electron chi connectivity index (χ3n) is 1.60. The van der Waals surface area contributed by atoms with Gasteiger partial charge in [-0.15, -0.1) is 0 Å². The first-order chi connectivity index (χ1) is 6.43. The van der Waals surface area contributed by atoms with Gasteiger partial charge in [-0.25, -0.2) is 0 Å². The van der Waals surface area contributed by atoms with Crippen molar-refractivity contribution >= 4 is 44.2 Å². The monoisotopic (exact) mass is 295 g/mol. The van der Waals surface area contributed by atoms with Crippen LogP contribution in [0.4, 0.5) is 0 Å². The number of primary amides is 1. The van der Waals surface area contributed by atoms with Crippen molar-refractivity contribution < 1.29 is 9.00 Å². The zero-order chi connectivity index (χ0) is 10.9. The minimum Gasteiger partial charge on any atom is -0.366 e. The lowest BCUT2D eigenvalue weighted by atomic mass is 10.2. The second kappa shape index (κ2) is 4.42. The molecule has 6 heteroatoms. The lowest BCUT2D eigenvalue weighted by molar-refractivity contribution is 0.0999. The molecule has 0 saturated heterocycles. The summed E-state index contributed by atoms with van der Waals surface area (Å²) < 4.78 is 11.7. The highest BCUT2D eigenvalue weighted by Gasteiger charge is 2.12. The summed E-state index contributed by atoms with van der Waals surface area (Å²) >= 11 is 8.97. The van der Waals surface area contributed by atoms with Gasteiger partial charge in [0.05, 0.1) is 26.3 Å². The van der Waals surface area contributed by atoms with Gasteiger partial charge < -0.3 is 5.73 Å². The van der Waals surface area contributed by atoms with E-state index >= 15 is 0 Å². The smallest absolute Gasteiger partial charge is 0.249 e. The van der Waals surface area contributed by atoms with Crippen LogP contribution in [0.15, 0.2) is 21.5 Å². The molecule has 2 N–H and O–H groups in total. The Morgan fingerprint density at radius 1 is 1.57 bits per heavy atom. The summed E-state index contributed by atoms with van der Waals surface area (Å²) in [5.41, 5.74) is 5.40. The molecule has 1 amide bonds. The summed E-state index contributed by atoms with van der Waals surface area (Å²) in [4.78, 5) is 11.4. The number of hydrogen-bond acceptors (Lipinski definition) is 2. The molecule has 76 valence electrons. The molecule has 0 aliphatic carbocycles. The van der Waals surface area contributed by atoms with Gasteiger partial charge in [0.2, 0.25) is 5.91 Å². The SMILES string of the molecule is C[S@](=O)c1cc(C(N)=O)c(Br)cc1Cl. The number of amides is 1. The van der Waals surface area contributed by atoms with Gasteiger partial charge >= 0.3 is 0 Å². The fraction of sp³-hybridized carbons (Fsp3) is 0.125. The van der Waals surface area contributed by atoms with Gasteiger partial charge in [0, 0.05) is 10.7 Å². The van der Waals surface area contributed by atoms with Crippen molar-refractivity contribution in [1.82, 2.24) is 0 Å². The second-order valence-electron chi connectivity index (χ2n) is 2.58. The molecule has 1 atom stereocenters. The Balaban J connectivity index is 3.42. The molecule has 1 rings (SSSR count). The first-order valence-corrected chi connectivity index (χ1v) is 6.28. The van der Waals surface area contributed by atoms with Gasteiger partial charge in [0.15, 0.2) is 0 Å². The maximum absolute atomic E-state index is 11.2. The summed E-state index contributed by atoms with van der Waals surface area (Å²) in [7, 11) is -1.24. The topological polar surface area (TPSA) is 60.2 Å². The van der Waals surface area contributed by atoms with Crippen LogP contribution in [0.25, 0.3) is 0 Å². The molecule has 0 fully saturated rings. The maximum atomic E-state index is 11.2. The van der Waals surface area contributed by atoms with Gasteiger partial charge in [-0.3, -0.25) is 9.00 Å². The lowest BCUT2D eigenvalue weighted by Gasteiger charge is -2.05. The zero-order valence-electron chi connectivity index (χ0n) is 7.21. The standard InChI is InChI=1S/C8H7BrClNO2S/c1-14(13)7-2-4(8(11)12)5(9)3-6(7)10/h2-3H,1H3,(H2,11,12)/t14-/m0/s1. The first-order valence-electron chi connectivity index (χ1n) is 3.55. The van der Waals surface area contributed by atoms with Crippen molar-refractivity contribution in [2.45, 2.75) is 4.90 Å². The van der Waals surface area contributed by atoms with Crippen LogP contribution in [0.2, 0.25) is 5.02 Å². The second-order valence-corrected chi connectivity index (χ2v) is 5.19. The normalized spacial score (nSPS) is 12.5. The van der Waals surface area contributed by atoms with E-state index in [9.17, 15) is 9.00 Å². The number of nitrogens with two attached hydrogens (primary N) is 1. The molecule has 0 aliphatic heterocycles. The van der Waals surface area contributed by atoms with Crippen molar-refractivity contribution in [2.75, 3.05) is 6.26 Å². The van der Waals surface area contributed by atoms with Crippen molar-refractivity contribution in [3.63, 3.8) is 0 Å². The number of halogens is 2. The lowest BCUT2D eigenvalue weighted by Crippen LogP contribution is -2.12. The minimum absolute atomic E-state index is 0.277. The Kier molecular flexibility index (Phi) is 3.69. The van der Waals surface area contributed by atoms with Gasteiger partial charge in [-0.1, -0.05) is 11.6 Å². The van der Waals surface area contributed by atoms with Crippen LogP contribution in [0, 0.1) is 0 Å². The molecule has 0 aromatic heterocycles. The van der Waals surface area contributed by atoms with Crippen molar-refractivity contribution in [1.29, 1.82) is 0 Å². The highest BCUT2D eigenvalue weighted by Crippen LogP contribution is 2.27. The molecule has 0 spiro atoms. The molecule has 0 unspecified atom stereocenters. The Morgan fingerprint density at radius 3 is 2.57 bits per heavy atom. The quantitative estimate of drug-likeness (QED) is 0.906. The van der Waals surface area contributed by atoms with Crippen LogP contribution in [-0.2, 0) is 10.8 Å². The molecule has 0 bridgehead atoms. The van der Waals surface area contributed by atoms with E-state index in [1.807, 2.05) is 0 Å². The van der Waals surface area contributed by atoms with Crippen molar-refractivity contribution in [3.8, 4) is 0 Å². The van der Waals surface area contributed by atoms with E-state index in [2.05, 4.69) is 15.9 Å². The zero-order valence-corrected chi connectivity index (χ0v) is 10.4. The van der Waals surface area contributed by atoms with Crippen LogP contribution in [-0.4, -0.2) is 16.4 Å². The largest absolute Gasteiger partial charge is 0.366 e. The third kappa shape index (κ3) is 2.34. The summed E-state index contributed by atoms with van der Waals surface area (Å²) in [6.45, 7) is 0. The number of rotatable bonds is 2. The van der Waals surface area contributed by atoms with Gasteiger partial charge in [-0.2, -0.15) is 0 Å². The summed E-state index contributed by atoms with van der Waals surface area (Å²) in [5, 5.41) is 0.350. The molecule has 0 saturated carbocycles. The summed E-state index contributed by atoms with van der Waals surface area (Å²) in [6.07, 6.45) is 1.49. The molecule has 0 aliphatic rings. The van der Waals surface area contributed by atoms with E-state index in [-0.39, 0.29) is 5.56 Å². The molecule has 0 heterocycles. The Labute approximate surface area is 97.2 Å². The minimum atomic E-state index is -1.24. The average molecular weight is 297 g/mol. The van der Waals surface area contributed by atoms with Gasteiger partial charge in [-0.05, 0) is 28.1 Å². The van der Waals surface area contributed by atoms with E-state index in [1.165, 1.54) is 18.4 Å². The van der Waals surface area contributed by atoms with Crippen molar-refractivity contribution in [2.24, 2.45) is 5.73 Å². The van der Waals surface area contributed by atoms with Crippen LogP contribution >= 0.6 is 27.5 Å². The molecule has 1 aromatic rings. The summed E-state index contributed by atoms with van der Waals surface area (Å²) in [6, 6.07) is 2.95. The number of benzene rings is 1. The van der Waals surface area contributed by atoms with E-state index in [0.717, 1.165) is 0 Å². The highest BCUT2D eigenvalue weighted by atomic mass is 79.9. The van der Waals surface area contributed by atoms with Crippen LogP contribution in [0.5, 0.6) is 0 Å². The van der Waals surface area contributed by atoms with E-state index < -0.39 is 16.7 Å². The Hall–Kier alpha value is -0.390. The number of carbonyl (C=O) groups is 1. The molecular weight excluding hydrogens is 290 g/mol. The highest BCUT2D eigenvalue weighted by molar-refractivity contribution is 9.10. The summed E-state index contributed by atoms with van der Waals surface area (Å²) in [5.74, 6) is -0.583. The predicted octanol–water partition coefficient (Wildman–Crippen LogP) is 1.94. The third-order valence-corrected chi connectivity index (χ3v) is 3.63. The van der Waals surface area contributed by atoms with Crippen molar-refractivity contribution in [3.05, 3.63) is 27.2 Å². The fourth-order valence-corrected chi connectivity index (χ4v) is 2.72. The van der Waals surface area contributed by atoms with Crippen LogP contribution in [0.1, 0.15) is 10.4 Å². The van der Waals surface area contributed by atoms with E-state index in [1.54, 1.807) is 0 Å². The first kappa shape index (κ1) is 11.7. The average Bonchev–Trinajstić information content (AvgIpc) is 2.02. The molecule has 3 nitrogen and oxygen atoms in total. The predicted molar refractivity (Wildman–Crippen MR) is 60.0 cm³/mol. The van der Waals surface area contributed by atoms with Gasteiger partial charge in [0.25, 0.3) is 0 Å². The Morgan fingerprint density at radius 2 is 2.14 bits per heavy atom. The molecular formula is C8H7BrClNO2S. The number of carbonyl (C=O) groups excluding carboxylic acids is 1. The Bertz CT molecular complexity index is 387. The fourth-order valence-electron chi connectivity index (χ4n) is 0.938. The molecule has 0 radical (unpaired) electrons. The number of hydrogen-bond donors (Lipinski definition) is 1.